The molecule has 16 heavy (non-hydrogen) atoms. The van der Waals surface area contributed by atoms with E-state index >= 15 is 0 Å². The van der Waals surface area contributed by atoms with E-state index in [2.05, 4.69) is 38.0 Å². The van der Waals surface area contributed by atoms with Gasteiger partial charge < -0.3 is 15.0 Å². The van der Waals surface area contributed by atoms with Gasteiger partial charge in [-0.05, 0) is 47.2 Å². The van der Waals surface area contributed by atoms with Crippen molar-refractivity contribution in [2.45, 2.75) is 51.7 Å². The summed E-state index contributed by atoms with van der Waals surface area (Å²) in [4.78, 5) is 2.38. The molecule has 0 amide bonds. The molecule has 0 aliphatic carbocycles. The van der Waals surface area contributed by atoms with Crippen molar-refractivity contribution in [1.29, 1.82) is 0 Å². The van der Waals surface area contributed by atoms with Crippen LogP contribution in [0, 0.1) is 0 Å². The van der Waals surface area contributed by atoms with Gasteiger partial charge in [-0.3, -0.25) is 0 Å². The first-order valence-electron chi connectivity index (χ1n) is 6.57. The van der Waals surface area contributed by atoms with Gasteiger partial charge in [0.15, 0.2) is 0 Å². The van der Waals surface area contributed by atoms with Crippen LogP contribution in [0.25, 0.3) is 0 Å². The molecule has 0 aromatic rings. The summed E-state index contributed by atoms with van der Waals surface area (Å²) in [6.45, 7) is 10.7. The SMILES string of the molecule is CC(C)OCCN(C)CC1(C)CCCCN1. The van der Waals surface area contributed by atoms with Crippen LogP contribution in [-0.2, 0) is 4.74 Å². The van der Waals surface area contributed by atoms with E-state index < -0.39 is 0 Å². The van der Waals surface area contributed by atoms with Gasteiger partial charge in [0.2, 0.25) is 0 Å². The molecule has 1 atom stereocenters. The third-order valence-electron chi connectivity index (χ3n) is 3.25. The zero-order valence-corrected chi connectivity index (χ0v) is 11.4. The van der Waals surface area contributed by atoms with Crippen LogP contribution in [0.5, 0.6) is 0 Å². The van der Waals surface area contributed by atoms with Crippen molar-refractivity contribution in [2.75, 3.05) is 33.3 Å². The summed E-state index contributed by atoms with van der Waals surface area (Å²) in [6.07, 6.45) is 4.33. The Balaban J connectivity index is 2.19. The van der Waals surface area contributed by atoms with Crippen molar-refractivity contribution < 1.29 is 4.74 Å². The second-order valence-corrected chi connectivity index (χ2v) is 5.60. The predicted molar refractivity (Wildman–Crippen MR) is 68.8 cm³/mol. The second-order valence-electron chi connectivity index (χ2n) is 5.60. The summed E-state index contributed by atoms with van der Waals surface area (Å²) in [5, 5.41) is 3.64. The number of nitrogens with zero attached hydrogens (tertiary/aromatic N) is 1. The minimum Gasteiger partial charge on any atom is -0.377 e. The van der Waals surface area contributed by atoms with Crippen LogP contribution >= 0.6 is 0 Å². The highest BCUT2D eigenvalue weighted by Crippen LogP contribution is 2.19. The van der Waals surface area contributed by atoms with Crippen molar-refractivity contribution in [2.24, 2.45) is 0 Å². The molecular weight excluding hydrogens is 200 g/mol. The zero-order valence-electron chi connectivity index (χ0n) is 11.4. The molecule has 1 saturated heterocycles. The first kappa shape index (κ1) is 13.9. The van der Waals surface area contributed by atoms with Crippen LogP contribution in [0.1, 0.15) is 40.0 Å². The van der Waals surface area contributed by atoms with Crippen molar-refractivity contribution in [3.63, 3.8) is 0 Å². The molecule has 0 spiro atoms. The topological polar surface area (TPSA) is 24.5 Å². The Bertz CT molecular complexity index is 188. The van der Waals surface area contributed by atoms with Gasteiger partial charge in [-0.1, -0.05) is 6.42 Å². The number of nitrogens with one attached hydrogen (secondary N) is 1. The fourth-order valence-electron chi connectivity index (χ4n) is 2.37. The summed E-state index contributed by atoms with van der Waals surface area (Å²) in [5.41, 5.74) is 0.310. The first-order valence-corrected chi connectivity index (χ1v) is 6.57. The molecule has 1 aliphatic rings. The Labute approximate surface area is 101 Å². The molecule has 1 unspecified atom stereocenters. The van der Waals surface area contributed by atoms with Crippen molar-refractivity contribution >= 4 is 0 Å². The van der Waals surface area contributed by atoms with E-state index in [1.165, 1.54) is 25.8 Å². The third-order valence-corrected chi connectivity index (χ3v) is 3.25. The molecule has 0 aromatic heterocycles. The van der Waals surface area contributed by atoms with Gasteiger partial charge in [0.1, 0.15) is 0 Å². The summed E-state index contributed by atoms with van der Waals surface area (Å²) in [6, 6.07) is 0. The molecule has 1 heterocycles. The average Bonchev–Trinajstić information content (AvgIpc) is 2.17. The van der Waals surface area contributed by atoms with Gasteiger partial charge in [-0.2, -0.15) is 0 Å². The molecule has 1 fully saturated rings. The number of hydrogen-bond acceptors (Lipinski definition) is 3. The highest BCUT2D eigenvalue weighted by molar-refractivity contribution is 4.88. The molecule has 1 aliphatic heterocycles. The van der Waals surface area contributed by atoms with E-state index in [0.717, 1.165) is 19.7 Å². The monoisotopic (exact) mass is 228 g/mol. The molecule has 0 aromatic carbocycles. The average molecular weight is 228 g/mol. The molecule has 1 rings (SSSR count). The molecule has 96 valence electrons. The Hall–Kier alpha value is -0.120. The standard InChI is InChI=1S/C13H28N2O/c1-12(2)16-10-9-15(4)11-13(3)7-5-6-8-14-13/h12,14H,5-11H2,1-4H3. The fraction of sp³-hybridized carbons (Fsp3) is 1.00. The number of ether oxygens (including phenoxy) is 1. The molecule has 0 bridgehead atoms. The molecule has 0 radical (unpaired) electrons. The lowest BCUT2D eigenvalue weighted by molar-refractivity contribution is 0.0572. The minimum atomic E-state index is 0.310. The Kier molecular flexibility index (Phi) is 5.73. The van der Waals surface area contributed by atoms with Crippen LogP contribution < -0.4 is 5.32 Å². The summed E-state index contributed by atoms with van der Waals surface area (Å²) < 4.78 is 5.57. The Morgan fingerprint density at radius 1 is 1.38 bits per heavy atom. The molecule has 3 heteroatoms. The molecular formula is C13H28N2O. The van der Waals surface area contributed by atoms with E-state index in [1.807, 2.05) is 0 Å². The summed E-state index contributed by atoms with van der Waals surface area (Å²) in [7, 11) is 2.19. The highest BCUT2D eigenvalue weighted by atomic mass is 16.5. The Morgan fingerprint density at radius 2 is 2.12 bits per heavy atom. The first-order chi connectivity index (χ1) is 7.52. The van der Waals surface area contributed by atoms with Crippen LogP contribution in [0.3, 0.4) is 0 Å². The quantitative estimate of drug-likeness (QED) is 0.751. The van der Waals surface area contributed by atoms with Crippen molar-refractivity contribution in [1.82, 2.24) is 10.2 Å². The number of hydrogen-bond donors (Lipinski definition) is 1. The minimum absolute atomic E-state index is 0.310. The van der Waals surface area contributed by atoms with Gasteiger partial charge in [0.25, 0.3) is 0 Å². The smallest absolute Gasteiger partial charge is 0.0596 e. The van der Waals surface area contributed by atoms with E-state index in [0.29, 0.717) is 11.6 Å². The lowest BCUT2D eigenvalue weighted by atomic mass is 9.90. The second kappa shape index (κ2) is 6.58. The fourth-order valence-corrected chi connectivity index (χ4v) is 2.37. The van der Waals surface area contributed by atoms with Crippen LogP contribution in [0.4, 0.5) is 0 Å². The normalized spacial score (nSPS) is 26.6. The van der Waals surface area contributed by atoms with E-state index in [-0.39, 0.29) is 0 Å². The van der Waals surface area contributed by atoms with Gasteiger partial charge in [-0.25, -0.2) is 0 Å². The Morgan fingerprint density at radius 3 is 2.69 bits per heavy atom. The van der Waals surface area contributed by atoms with E-state index in [9.17, 15) is 0 Å². The van der Waals surface area contributed by atoms with Gasteiger partial charge in [-0.15, -0.1) is 0 Å². The summed E-state index contributed by atoms with van der Waals surface area (Å²) in [5.74, 6) is 0. The number of piperidine rings is 1. The van der Waals surface area contributed by atoms with Crippen LogP contribution in [0.2, 0.25) is 0 Å². The zero-order chi connectivity index (χ0) is 12.0. The number of rotatable bonds is 6. The predicted octanol–water partition coefficient (Wildman–Crippen LogP) is 1.88. The van der Waals surface area contributed by atoms with Crippen LogP contribution in [0.15, 0.2) is 0 Å². The lowest BCUT2D eigenvalue weighted by Crippen LogP contribution is -2.53. The van der Waals surface area contributed by atoms with Crippen LogP contribution in [-0.4, -0.2) is 49.8 Å². The largest absolute Gasteiger partial charge is 0.377 e. The van der Waals surface area contributed by atoms with Gasteiger partial charge in [0.05, 0.1) is 12.7 Å². The van der Waals surface area contributed by atoms with Gasteiger partial charge >= 0.3 is 0 Å². The van der Waals surface area contributed by atoms with E-state index in [1.54, 1.807) is 0 Å². The maximum atomic E-state index is 5.57. The summed E-state index contributed by atoms with van der Waals surface area (Å²) >= 11 is 0. The van der Waals surface area contributed by atoms with Crippen molar-refractivity contribution in [3.05, 3.63) is 0 Å². The van der Waals surface area contributed by atoms with Gasteiger partial charge in [0, 0.05) is 18.6 Å². The molecule has 1 N–H and O–H groups in total. The molecule has 3 nitrogen and oxygen atoms in total. The maximum absolute atomic E-state index is 5.57. The van der Waals surface area contributed by atoms with E-state index in [4.69, 9.17) is 4.74 Å². The number of likely N-dealkylation sites (N-methyl/N-ethyl adjacent to an activating group) is 1. The van der Waals surface area contributed by atoms with Crippen molar-refractivity contribution in [3.8, 4) is 0 Å². The maximum Gasteiger partial charge on any atom is 0.0596 e. The molecule has 0 saturated carbocycles. The lowest BCUT2D eigenvalue weighted by Gasteiger charge is -2.38. The highest BCUT2D eigenvalue weighted by Gasteiger charge is 2.27. The third kappa shape index (κ3) is 5.28.